The molecule has 0 radical (unpaired) electrons. The molecule has 0 aliphatic carbocycles. The molecular weight excluding hydrogens is 824 g/mol. The molecule has 1 N–H and O–H groups in total. The molecule has 3 aromatic carbocycles. The van der Waals surface area contributed by atoms with Gasteiger partial charge in [-0.1, -0.05) is 54.6 Å². The van der Waals surface area contributed by atoms with Crippen LogP contribution in [-0.2, 0) is 28.9 Å². The fourth-order valence-corrected chi connectivity index (χ4v) is 9.87. The molecule has 2 saturated heterocycles. The standard InChI is InChI=1S/C46H57N8O8P/c1-31(2)54(32(3)4)63(60-25-11-22-47)62-39-28-41(53-30-48-42-43(53)50-45(51-44(42)55)49-33(5)52-23-26-58-27-24-52)61-40(39)29-59-46(34-12-9-8-10-13-34,35-14-18-37(56-6)19-15-35)36-16-20-38(57-7)21-17-36/h8-10,12-21,30-32,39-41H,11,23-29H2,1-7H3,(H,50,51,55)/b49-33+/t39-,40-,41-,63?/m1/s1. The molecule has 334 valence electrons. The number of imidazole rings is 1. The Morgan fingerprint density at radius 2 is 1.59 bits per heavy atom. The average molecular weight is 881 g/mol. The molecule has 16 nitrogen and oxygen atoms in total. The topological polar surface area (TPSA) is 171 Å². The quantitative estimate of drug-likeness (QED) is 0.0303. The Morgan fingerprint density at radius 1 is 0.968 bits per heavy atom. The summed E-state index contributed by atoms with van der Waals surface area (Å²) in [5.41, 5.74) is 1.56. The van der Waals surface area contributed by atoms with Crippen molar-refractivity contribution >= 4 is 31.5 Å². The summed E-state index contributed by atoms with van der Waals surface area (Å²) in [5, 5.41) is 9.45. The number of nitriles is 1. The van der Waals surface area contributed by atoms with E-state index in [0.717, 1.165) is 22.5 Å². The Bertz CT molecular complexity index is 2320. The number of fused-ring (bicyclic) bond motifs is 1. The molecule has 5 aromatic rings. The lowest BCUT2D eigenvalue weighted by Gasteiger charge is -2.39. The number of nitrogens with one attached hydrogen (secondary N) is 1. The molecule has 17 heteroatoms. The Balaban J connectivity index is 1.30. The summed E-state index contributed by atoms with van der Waals surface area (Å²) in [5.74, 6) is 2.30. The van der Waals surface area contributed by atoms with Crippen molar-refractivity contribution in [2.75, 3.05) is 53.7 Å². The highest BCUT2D eigenvalue weighted by atomic mass is 31.2. The van der Waals surface area contributed by atoms with Crippen LogP contribution in [0.4, 0.5) is 5.95 Å². The van der Waals surface area contributed by atoms with E-state index in [2.05, 4.69) is 53.3 Å². The highest BCUT2D eigenvalue weighted by Gasteiger charge is 2.45. The van der Waals surface area contributed by atoms with Crippen molar-refractivity contribution in [3.63, 3.8) is 0 Å². The Morgan fingerprint density at radius 3 is 2.17 bits per heavy atom. The second kappa shape index (κ2) is 21.0. The van der Waals surface area contributed by atoms with Crippen molar-refractivity contribution in [2.45, 2.75) is 83.6 Å². The summed E-state index contributed by atoms with van der Waals surface area (Å²) in [6.45, 7) is 13.1. The summed E-state index contributed by atoms with van der Waals surface area (Å²) in [4.78, 5) is 32.4. The van der Waals surface area contributed by atoms with Crippen molar-refractivity contribution in [1.29, 1.82) is 5.26 Å². The van der Waals surface area contributed by atoms with Crippen molar-refractivity contribution < 1.29 is 32.7 Å². The number of rotatable bonds is 18. The number of aromatic nitrogens is 4. The SMILES string of the molecule is COc1ccc(C(OC[C@H]2O[C@@H](n3cnc4c(=O)[nH]c(/N=C(\C)N5CCOCC5)nc43)C[C@H]2OP(OCCC#N)N(C(C)C)C(C)C)(c2ccccc2)c2ccc(OC)cc2)cc1. The van der Waals surface area contributed by atoms with Gasteiger partial charge in [-0.2, -0.15) is 10.2 Å². The molecular formula is C46H57N8O8P. The predicted octanol–water partition coefficient (Wildman–Crippen LogP) is 7.48. The van der Waals surface area contributed by atoms with Crippen molar-refractivity contribution in [3.05, 3.63) is 112 Å². The summed E-state index contributed by atoms with van der Waals surface area (Å²) in [6, 6.07) is 28.1. The first-order valence-electron chi connectivity index (χ1n) is 21.3. The number of benzene rings is 3. The first-order valence-corrected chi connectivity index (χ1v) is 22.4. The number of aliphatic imine (C=N–C) groups is 1. The van der Waals surface area contributed by atoms with Gasteiger partial charge < -0.3 is 37.6 Å². The van der Waals surface area contributed by atoms with Crippen LogP contribution in [0.1, 0.15) is 70.4 Å². The highest BCUT2D eigenvalue weighted by molar-refractivity contribution is 7.44. The van der Waals surface area contributed by atoms with Gasteiger partial charge >= 0.3 is 0 Å². The van der Waals surface area contributed by atoms with Crippen LogP contribution >= 0.6 is 8.53 Å². The lowest BCUT2D eigenvalue weighted by Crippen LogP contribution is -2.39. The minimum Gasteiger partial charge on any atom is -0.497 e. The molecule has 4 heterocycles. The first-order chi connectivity index (χ1) is 30.6. The third-order valence-corrected chi connectivity index (χ3v) is 13.3. The zero-order valence-electron chi connectivity index (χ0n) is 37.0. The zero-order chi connectivity index (χ0) is 44.5. The fourth-order valence-electron chi connectivity index (χ4n) is 8.11. The minimum atomic E-state index is -1.68. The van der Waals surface area contributed by atoms with E-state index in [9.17, 15) is 10.1 Å². The van der Waals surface area contributed by atoms with Crippen molar-refractivity contribution in [1.82, 2.24) is 29.1 Å². The Labute approximate surface area is 369 Å². The van der Waals surface area contributed by atoms with E-state index in [-0.39, 0.29) is 43.2 Å². The molecule has 0 spiro atoms. The average Bonchev–Trinajstić information content (AvgIpc) is 3.91. The van der Waals surface area contributed by atoms with E-state index < -0.39 is 38.1 Å². The third-order valence-electron chi connectivity index (χ3n) is 11.2. The van der Waals surface area contributed by atoms with E-state index >= 15 is 0 Å². The maximum Gasteiger partial charge on any atom is 0.280 e. The lowest BCUT2D eigenvalue weighted by molar-refractivity contribution is -0.0912. The number of methoxy groups -OCH3 is 2. The number of hydrogen-bond donors (Lipinski definition) is 1. The molecule has 4 atom stereocenters. The van der Waals surface area contributed by atoms with E-state index in [1.54, 1.807) is 25.1 Å². The van der Waals surface area contributed by atoms with E-state index in [1.807, 2.05) is 85.8 Å². The molecule has 0 saturated carbocycles. The maximum atomic E-state index is 13.5. The van der Waals surface area contributed by atoms with Gasteiger partial charge in [0.1, 0.15) is 35.3 Å². The minimum absolute atomic E-state index is 0.0633. The van der Waals surface area contributed by atoms with Gasteiger partial charge in [-0.3, -0.25) is 14.3 Å². The van der Waals surface area contributed by atoms with Crippen LogP contribution in [-0.4, -0.2) is 113 Å². The van der Waals surface area contributed by atoms with Crippen LogP contribution in [0.3, 0.4) is 0 Å². The number of hydrogen-bond acceptors (Lipinski definition) is 13. The van der Waals surface area contributed by atoms with Crippen LogP contribution < -0.4 is 15.0 Å². The fraction of sp³-hybridized carbons (Fsp3) is 0.457. The molecule has 2 aromatic heterocycles. The second-order valence-corrected chi connectivity index (χ2v) is 17.2. The molecule has 2 aliphatic heterocycles. The van der Waals surface area contributed by atoms with E-state index in [0.29, 0.717) is 49.9 Å². The van der Waals surface area contributed by atoms with Crippen LogP contribution in [0.15, 0.2) is 95.0 Å². The molecule has 0 amide bonds. The maximum absolute atomic E-state index is 13.5. The Kier molecular flexibility index (Phi) is 15.2. The molecule has 0 bridgehead atoms. The van der Waals surface area contributed by atoms with Gasteiger partial charge in [-0.25, -0.2) is 14.6 Å². The van der Waals surface area contributed by atoms with Gasteiger partial charge in [0.25, 0.3) is 14.1 Å². The molecule has 2 aliphatic rings. The summed E-state index contributed by atoms with van der Waals surface area (Å²) in [6.07, 6.45) is 0.209. The van der Waals surface area contributed by atoms with Gasteiger partial charge in [0.2, 0.25) is 5.95 Å². The lowest BCUT2D eigenvalue weighted by atomic mass is 9.80. The zero-order valence-corrected chi connectivity index (χ0v) is 37.9. The molecule has 7 rings (SSSR count). The van der Waals surface area contributed by atoms with Crippen LogP contribution in [0, 0.1) is 11.3 Å². The predicted molar refractivity (Wildman–Crippen MR) is 240 cm³/mol. The van der Waals surface area contributed by atoms with Crippen LogP contribution in [0.2, 0.25) is 0 Å². The number of H-pyrrole nitrogens is 1. The summed E-state index contributed by atoms with van der Waals surface area (Å²) < 4.78 is 48.5. The van der Waals surface area contributed by atoms with Crippen LogP contribution in [0.25, 0.3) is 11.2 Å². The number of aromatic amines is 1. The van der Waals surface area contributed by atoms with E-state index in [1.165, 1.54) is 0 Å². The smallest absolute Gasteiger partial charge is 0.280 e. The molecule has 1 unspecified atom stereocenters. The van der Waals surface area contributed by atoms with Gasteiger partial charge in [-0.05, 0) is 75.6 Å². The summed E-state index contributed by atoms with van der Waals surface area (Å²) >= 11 is 0. The number of nitrogens with zero attached hydrogens (tertiary/aromatic N) is 7. The first kappa shape index (κ1) is 45.8. The van der Waals surface area contributed by atoms with Gasteiger partial charge in [0, 0.05) is 31.6 Å². The third kappa shape index (κ3) is 10.3. The van der Waals surface area contributed by atoms with Crippen molar-refractivity contribution in [2.24, 2.45) is 4.99 Å². The largest absolute Gasteiger partial charge is 0.497 e. The number of morpholine rings is 1. The summed E-state index contributed by atoms with van der Waals surface area (Å²) in [7, 11) is 1.60. The highest BCUT2D eigenvalue weighted by Crippen LogP contribution is 2.51. The Hall–Kier alpha value is -5.24. The van der Waals surface area contributed by atoms with Gasteiger partial charge in [-0.15, -0.1) is 0 Å². The van der Waals surface area contributed by atoms with Gasteiger partial charge in [0.05, 0.1) is 65.6 Å². The van der Waals surface area contributed by atoms with Crippen LogP contribution in [0.5, 0.6) is 11.5 Å². The van der Waals surface area contributed by atoms with Gasteiger partial charge in [0.15, 0.2) is 11.2 Å². The van der Waals surface area contributed by atoms with Crippen molar-refractivity contribution in [3.8, 4) is 17.6 Å². The second-order valence-electron chi connectivity index (χ2n) is 15.8. The monoisotopic (exact) mass is 880 g/mol. The normalized spacial score (nSPS) is 19.0. The van der Waals surface area contributed by atoms with E-state index in [4.69, 9.17) is 42.7 Å². The molecule has 2 fully saturated rings. The number of amidine groups is 1. The number of ether oxygens (including phenoxy) is 5. The molecule has 63 heavy (non-hydrogen) atoms.